The van der Waals surface area contributed by atoms with Gasteiger partial charge in [-0.25, -0.2) is 0 Å². The topological polar surface area (TPSA) is 33.1 Å². The summed E-state index contributed by atoms with van der Waals surface area (Å²) in [4.78, 5) is 4.52. The van der Waals surface area contributed by atoms with Crippen LogP contribution in [0.1, 0.15) is 22.9 Å². The van der Waals surface area contributed by atoms with Gasteiger partial charge in [-0.3, -0.25) is 4.98 Å². The molecule has 0 radical (unpaired) electrons. The van der Waals surface area contributed by atoms with E-state index in [1.165, 1.54) is 0 Å². The Kier molecular flexibility index (Phi) is 4.04. The van der Waals surface area contributed by atoms with Crippen molar-refractivity contribution in [2.45, 2.75) is 19.4 Å². The molecule has 1 heterocycles. The van der Waals surface area contributed by atoms with Crippen LogP contribution in [0.2, 0.25) is 0 Å². The van der Waals surface area contributed by atoms with Crippen molar-refractivity contribution in [2.75, 3.05) is 0 Å². The molecule has 0 amide bonds. The Balaban J connectivity index is 1.97. The van der Waals surface area contributed by atoms with Gasteiger partial charge in [0.2, 0.25) is 0 Å². The molecule has 0 saturated carbocycles. The number of pyridine rings is 1. The highest BCUT2D eigenvalue weighted by Gasteiger charge is 2.13. The van der Waals surface area contributed by atoms with Crippen molar-refractivity contribution < 1.29 is 5.11 Å². The Bertz CT molecular complexity index is 768. The number of para-hydroxylation sites is 1. The van der Waals surface area contributed by atoms with Crippen LogP contribution in [-0.2, 0) is 6.42 Å². The Labute approximate surface area is 132 Å². The maximum absolute atomic E-state index is 10.6. The summed E-state index contributed by atoms with van der Waals surface area (Å²) in [5, 5.41) is 11.6. The first kappa shape index (κ1) is 14.2. The number of hydrogen-bond acceptors (Lipinski definition) is 2. The fourth-order valence-electron chi connectivity index (χ4n) is 2.57. The predicted octanol–water partition coefficient (Wildman–Crippen LogP) is 4.58. The predicted molar refractivity (Wildman–Crippen MR) is 89.3 cm³/mol. The number of aliphatic hydroxyl groups excluding tert-OH is 1. The Morgan fingerprint density at radius 3 is 2.57 bits per heavy atom. The van der Waals surface area contributed by atoms with Crippen molar-refractivity contribution in [3.8, 4) is 0 Å². The number of nitrogens with zero attached hydrogens (tertiary/aromatic N) is 1. The molecule has 3 aromatic rings. The molecule has 1 unspecified atom stereocenters. The first-order valence-corrected chi connectivity index (χ1v) is 7.71. The van der Waals surface area contributed by atoms with Crippen LogP contribution in [0.3, 0.4) is 0 Å². The zero-order valence-corrected chi connectivity index (χ0v) is 13.3. The summed E-state index contributed by atoms with van der Waals surface area (Å²) in [6.07, 6.45) is 0.0681. The van der Waals surface area contributed by atoms with Crippen molar-refractivity contribution in [2.24, 2.45) is 0 Å². The van der Waals surface area contributed by atoms with Crippen molar-refractivity contribution in [1.29, 1.82) is 0 Å². The lowest BCUT2D eigenvalue weighted by atomic mass is 9.97. The number of fused-ring (bicyclic) bond motifs is 1. The smallest absolute Gasteiger partial charge is 0.0837 e. The van der Waals surface area contributed by atoms with Crippen LogP contribution in [-0.4, -0.2) is 10.1 Å². The lowest BCUT2D eigenvalue weighted by molar-refractivity contribution is 0.180. The van der Waals surface area contributed by atoms with Gasteiger partial charge in [-0.2, -0.15) is 0 Å². The molecule has 1 N–H and O–H groups in total. The van der Waals surface area contributed by atoms with Gasteiger partial charge >= 0.3 is 0 Å². The fraction of sp³-hybridized carbons (Fsp3) is 0.167. The second-order valence-electron chi connectivity index (χ2n) is 5.22. The van der Waals surface area contributed by atoms with Gasteiger partial charge in [-0.15, -0.1) is 0 Å². The molecule has 1 atom stereocenters. The van der Waals surface area contributed by atoms with E-state index in [4.69, 9.17) is 0 Å². The molecule has 0 fully saturated rings. The average molecular weight is 342 g/mol. The summed E-state index contributed by atoms with van der Waals surface area (Å²) >= 11 is 3.43. The van der Waals surface area contributed by atoms with E-state index in [0.717, 1.165) is 32.2 Å². The zero-order valence-electron chi connectivity index (χ0n) is 11.8. The molecule has 0 saturated heterocycles. The monoisotopic (exact) mass is 341 g/mol. The summed E-state index contributed by atoms with van der Waals surface area (Å²) in [5.74, 6) is 0. The highest BCUT2D eigenvalue weighted by atomic mass is 79.9. The van der Waals surface area contributed by atoms with E-state index in [9.17, 15) is 5.11 Å². The van der Waals surface area contributed by atoms with Crippen molar-refractivity contribution >= 4 is 26.8 Å². The molecule has 0 aliphatic rings. The van der Waals surface area contributed by atoms with E-state index in [-0.39, 0.29) is 0 Å². The molecule has 106 valence electrons. The van der Waals surface area contributed by atoms with Crippen LogP contribution < -0.4 is 0 Å². The number of rotatable bonds is 3. The van der Waals surface area contributed by atoms with E-state index in [1.807, 2.05) is 61.5 Å². The molecule has 2 nitrogen and oxygen atoms in total. The number of aryl methyl sites for hydroxylation is 1. The van der Waals surface area contributed by atoms with Crippen LogP contribution >= 0.6 is 15.9 Å². The Morgan fingerprint density at radius 2 is 1.81 bits per heavy atom. The van der Waals surface area contributed by atoms with Crippen LogP contribution in [0.15, 0.2) is 59.1 Å². The van der Waals surface area contributed by atoms with Gasteiger partial charge in [-0.1, -0.05) is 46.3 Å². The fourth-order valence-corrected chi connectivity index (χ4v) is 2.83. The van der Waals surface area contributed by atoms with Gasteiger partial charge in [0.15, 0.2) is 0 Å². The summed E-state index contributed by atoms with van der Waals surface area (Å²) in [6, 6.07) is 18.0. The molecule has 0 aliphatic carbocycles. The minimum absolute atomic E-state index is 0.530. The van der Waals surface area contributed by atoms with Crippen LogP contribution in [0.4, 0.5) is 0 Å². The number of aliphatic hydroxyl groups is 1. The SMILES string of the molecule is Cc1cc(C(O)Cc2ccc(Br)cc2)c2ccccc2n1. The molecule has 2 aromatic carbocycles. The average Bonchev–Trinajstić information content (AvgIpc) is 2.48. The highest BCUT2D eigenvalue weighted by Crippen LogP contribution is 2.27. The Hall–Kier alpha value is -1.71. The van der Waals surface area contributed by atoms with E-state index in [2.05, 4.69) is 20.9 Å². The number of halogens is 1. The lowest BCUT2D eigenvalue weighted by Crippen LogP contribution is -2.04. The van der Waals surface area contributed by atoms with Crippen LogP contribution in [0.25, 0.3) is 10.9 Å². The third-order valence-electron chi connectivity index (χ3n) is 3.58. The maximum Gasteiger partial charge on any atom is 0.0837 e. The molecule has 0 aliphatic heterocycles. The molecule has 21 heavy (non-hydrogen) atoms. The minimum Gasteiger partial charge on any atom is -0.388 e. The van der Waals surface area contributed by atoms with E-state index in [0.29, 0.717) is 6.42 Å². The number of aromatic nitrogens is 1. The summed E-state index contributed by atoms with van der Waals surface area (Å²) in [6.45, 7) is 1.96. The summed E-state index contributed by atoms with van der Waals surface area (Å²) in [5.41, 5.74) is 3.92. The molecular formula is C18H16BrNO. The standard InChI is InChI=1S/C18H16BrNO/c1-12-10-16(15-4-2-3-5-17(15)20-12)18(21)11-13-6-8-14(19)9-7-13/h2-10,18,21H,11H2,1H3. The first-order valence-electron chi connectivity index (χ1n) is 6.92. The second-order valence-corrected chi connectivity index (χ2v) is 6.13. The molecule has 0 spiro atoms. The number of benzene rings is 2. The molecule has 3 rings (SSSR count). The lowest BCUT2D eigenvalue weighted by Gasteiger charge is -2.14. The second kappa shape index (κ2) is 5.96. The minimum atomic E-state index is -0.530. The largest absolute Gasteiger partial charge is 0.388 e. The summed E-state index contributed by atoms with van der Waals surface area (Å²) in [7, 11) is 0. The Morgan fingerprint density at radius 1 is 1.10 bits per heavy atom. The molecular weight excluding hydrogens is 326 g/mol. The van der Waals surface area contributed by atoms with Crippen LogP contribution in [0.5, 0.6) is 0 Å². The van der Waals surface area contributed by atoms with Gasteiger partial charge in [0.1, 0.15) is 0 Å². The quantitative estimate of drug-likeness (QED) is 0.756. The maximum atomic E-state index is 10.6. The first-order chi connectivity index (χ1) is 10.1. The van der Waals surface area contributed by atoms with E-state index < -0.39 is 6.10 Å². The third kappa shape index (κ3) is 3.14. The molecule has 1 aromatic heterocycles. The third-order valence-corrected chi connectivity index (χ3v) is 4.11. The van der Waals surface area contributed by atoms with E-state index >= 15 is 0 Å². The van der Waals surface area contributed by atoms with Gasteiger partial charge in [0.05, 0.1) is 11.6 Å². The van der Waals surface area contributed by atoms with Gasteiger partial charge in [-0.05, 0) is 42.3 Å². The summed E-state index contributed by atoms with van der Waals surface area (Å²) < 4.78 is 1.05. The van der Waals surface area contributed by atoms with Gasteiger partial charge in [0.25, 0.3) is 0 Å². The van der Waals surface area contributed by atoms with E-state index in [1.54, 1.807) is 0 Å². The van der Waals surface area contributed by atoms with Crippen molar-refractivity contribution in [3.05, 3.63) is 75.9 Å². The van der Waals surface area contributed by atoms with Gasteiger partial charge in [0, 0.05) is 22.0 Å². The highest BCUT2D eigenvalue weighted by molar-refractivity contribution is 9.10. The molecule has 0 bridgehead atoms. The number of hydrogen-bond donors (Lipinski definition) is 1. The van der Waals surface area contributed by atoms with Gasteiger partial charge < -0.3 is 5.11 Å². The van der Waals surface area contributed by atoms with Crippen LogP contribution in [0, 0.1) is 6.92 Å². The van der Waals surface area contributed by atoms with Crippen molar-refractivity contribution in [1.82, 2.24) is 4.98 Å². The zero-order chi connectivity index (χ0) is 14.8. The van der Waals surface area contributed by atoms with Crippen molar-refractivity contribution in [3.63, 3.8) is 0 Å². The normalized spacial score (nSPS) is 12.5. The molecule has 3 heteroatoms.